The first kappa shape index (κ1) is 17.9. The maximum absolute atomic E-state index is 12.4. The Bertz CT molecular complexity index is 663. The number of halogens is 2. The number of carbonyl (C=O) groups excluding carboxylic acids is 1. The Kier molecular flexibility index (Phi) is 6.07. The second-order valence-electron chi connectivity index (χ2n) is 5.97. The molecule has 22 heavy (non-hydrogen) atoms. The van der Waals surface area contributed by atoms with Crippen LogP contribution in [0.15, 0.2) is 39.5 Å². The fourth-order valence-electron chi connectivity index (χ4n) is 2.52. The Hall–Kier alpha value is -0.400. The first-order valence-corrected chi connectivity index (χ1v) is 9.85. The minimum Gasteiger partial charge on any atom is -0.322 e. The van der Waals surface area contributed by atoms with E-state index >= 15 is 0 Å². The number of rotatable bonds is 5. The van der Waals surface area contributed by atoms with Crippen molar-refractivity contribution in [1.82, 2.24) is 0 Å². The quantitative estimate of drug-likeness (QED) is 0.376. The molecule has 5 heteroatoms. The molecule has 0 aliphatic carbocycles. The van der Waals surface area contributed by atoms with E-state index in [9.17, 15) is 4.79 Å². The van der Waals surface area contributed by atoms with Crippen molar-refractivity contribution >= 4 is 61.5 Å². The van der Waals surface area contributed by atoms with Gasteiger partial charge >= 0.3 is 0 Å². The van der Waals surface area contributed by atoms with E-state index in [1.54, 1.807) is 0 Å². The summed E-state index contributed by atoms with van der Waals surface area (Å²) in [5, 5.41) is 4.96. The van der Waals surface area contributed by atoms with Crippen LogP contribution in [0.3, 0.4) is 0 Å². The van der Waals surface area contributed by atoms with Crippen LogP contribution in [0.25, 0.3) is 0 Å². The van der Waals surface area contributed by atoms with Gasteiger partial charge < -0.3 is 5.32 Å². The zero-order chi connectivity index (χ0) is 16.3. The molecule has 0 saturated carbocycles. The average molecular weight is 492 g/mol. The summed E-state index contributed by atoms with van der Waals surface area (Å²) in [6.07, 6.45) is 1.06. The summed E-state index contributed by atoms with van der Waals surface area (Å²) in [4.78, 5) is 12.4. The third kappa shape index (κ3) is 4.80. The Balaban J connectivity index is 2.22. The van der Waals surface area contributed by atoms with Crippen molar-refractivity contribution < 1.29 is 4.79 Å². The van der Waals surface area contributed by atoms with Gasteiger partial charge in [-0.05, 0) is 51.3 Å². The minimum absolute atomic E-state index is 0.0680. The number of amides is 1. The van der Waals surface area contributed by atoms with Crippen molar-refractivity contribution in [3.63, 3.8) is 0 Å². The normalized spacial score (nSPS) is 13.0. The smallest absolute Gasteiger partial charge is 0.257 e. The molecule has 118 valence electrons. The highest BCUT2D eigenvalue weighted by Crippen LogP contribution is 2.35. The molecule has 1 aromatic carbocycles. The molecular weight excluding hydrogens is 473 g/mol. The number of thiophene rings is 1. The SMILES string of the molecule is CC(CC(C)(C)I)c1ccccc1NC(=O)c1ccsc1Br. The number of benzene rings is 1. The number of carbonyl (C=O) groups is 1. The fourth-order valence-corrected chi connectivity index (χ4v) is 4.43. The summed E-state index contributed by atoms with van der Waals surface area (Å²) in [5.74, 6) is 0.316. The van der Waals surface area contributed by atoms with E-state index < -0.39 is 0 Å². The van der Waals surface area contributed by atoms with Gasteiger partial charge in [-0.25, -0.2) is 0 Å². The first-order valence-electron chi connectivity index (χ1n) is 7.10. The lowest BCUT2D eigenvalue weighted by Gasteiger charge is -2.23. The third-order valence-electron chi connectivity index (χ3n) is 3.39. The van der Waals surface area contributed by atoms with Crippen LogP contribution in [-0.2, 0) is 0 Å². The molecule has 0 aliphatic rings. The summed E-state index contributed by atoms with van der Waals surface area (Å²) in [6, 6.07) is 9.91. The predicted octanol–water partition coefficient (Wildman–Crippen LogP) is 6.47. The van der Waals surface area contributed by atoms with Crippen LogP contribution in [0.1, 0.15) is 49.0 Å². The number of para-hydroxylation sites is 1. The first-order chi connectivity index (χ1) is 10.3. The number of nitrogens with one attached hydrogen (secondary N) is 1. The molecule has 0 aliphatic heterocycles. The second kappa shape index (κ2) is 7.45. The van der Waals surface area contributed by atoms with Crippen LogP contribution in [0.4, 0.5) is 5.69 Å². The van der Waals surface area contributed by atoms with Crippen molar-refractivity contribution in [1.29, 1.82) is 0 Å². The molecule has 1 aromatic heterocycles. The van der Waals surface area contributed by atoms with Crippen molar-refractivity contribution in [3.05, 3.63) is 50.6 Å². The minimum atomic E-state index is -0.0680. The van der Waals surface area contributed by atoms with Crippen LogP contribution >= 0.6 is 49.9 Å². The topological polar surface area (TPSA) is 29.1 Å². The van der Waals surface area contributed by atoms with Crippen molar-refractivity contribution in [2.75, 3.05) is 5.32 Å². The monoisotopic (exact) mass is 491 g/mol. The van der Waals surface area contributed by atoms with Crippen LogP contribution in [-0.4, -0.2) is 9.33 Å². The molecule has 0 bridgehead atoms. The molecule has 2 rings (SSSR count). The van der Waals surface area contributed by atoms with E-state index in [4.69, 9.17) is 0 Å². The van der Waals surface area contributed by atoms with Crippen LogP contribution in [0.2, 0.25) is 0 Å². The number of anilines is 1. The van der Waals surface area contributed by atoms with E-state index in [1.807, 2.05) is 29.6 Å². The maximum atomic E-state index is 12.4. The maximum Gasteiger partial charge on any atom is 0.257 e. The van der Waals surface area contributed by atoms with Crippen LogP contribution < -0.4 is 5.32 Å². The van der Waals surface area contributed by atoms with Crippen molar-refractivity contribution in [2.24, 2.45) is 0 Å². The summed E-state index contributed by atoms with van der Waals surface area (Å²) >= 11 is 7.42. The molecule has 1 amide bonds. The van der Waals surface area contributed by atoms with Gasteiger partial charge in [-0.3, -0.25) is 4.79 Å². The molecule has 0 saturated heterocycles. The van der Waals surface area contributed by atoms with Gasteiger partial charge in [-0.1, -0.05) is 61.6 Å². The Morgan fingerprint density at radius 3 is 2.64 bits per heavy atom. The lowest BCUT2D eigenvalue weighted by Crippen LogP contribution is -2.17. The standard InChI is InChI=1S/C17H19BrINOS/c1-11(10-17(2,3)19)12-6-4-5-7-14(12)20-16(21)13-8-9-22-15(13)18/h4-9,11H,10H2,1-3H3,(H,20,21). The van der Waals surface area contributed by atoms with Crippen molar-refractivity contribution in [2.45, 2.75) is 36.5 Å². The summed E-state index contributed by atoms with van der Waals surface area (Å²) in [7, 11) is 0. The Morgan fingerprint density at radius 2 is 2.05 bits per heavy atom. The van der Waals surface area contributed by atoms with Gasteiger partial charge in [0.05, 0.1) is 9.35 Å². The van der Waals surface area contributed by atoms with E-state index in [0.717, 1.165) is 15.9 Å². The van der Waals surface area contributed by atoms with Gasteiger partial charge in [0.25, 0.3) is 5.91 Å². The summed E-state index contributed by atoms with van der Waals surface area (Å²) < 4.78 is 1.09. The van der Waals surface area contributed by atoms with Gasteiger partial charge in [0, 0.05) is 9.11 Å². The van der Waals surface area contributed by atoms with Crippen LogP contribution in [0, 0.1) is 0 Å². The lowest BCUT2D eigenvalue weighted by atomic mass is 9.91. The van der Waals surface area contributed by atoms with Gasteiger partial charge in [-0.15, -0.1) is 11.3 Å². The number of alkyl halides is 1. The summed E-state index contributed by atoms with van der Waals surface area (Å²) in [5.41, 5.74) is 2.77. The van der Waals surface area contributed by atoms with Crippen molar-refractivity contribution in [3.8, 4) is 0 Å². The summed E-state index contributed by atoms with van der Waals surface area (Å²) in [6.45, 7) is 6.67. The molecule has 2 aromatic rings. The Labute approximate surface area is 158 Å². The molecule has 2 nitrogen and oxygen atoms in total. The largest absolute Gasteiger partial charge is 0.322 e. The van der Waals surface area contributed by atoms with Gasteiger partial charge in [0.1, 0.15) is 0 Å². The molecule has 1 heterocycles. The average Bonchev–Trinajstić information content (AvgIpc) is 2.83. The highest BCUT2D eigenvalue weighted by atomic mass is 127. The van der Waals surface area contributed by atoms with E-state index in [2.05, 4.69) is 70.7 Å². The zero-order valence-electron chi connectivity index (χ0n) is 12.8. The number of hydrogen-bond donors (Lipinski definition) is 1. The molecule has 1 N–H and O–H groups in total. The molecule has 0 fully saturated rings. The predicted molar refractivity (Wildman–Crippen MR) is 108 cm³/mol. The molecule has 0 spiro atoms. The van der Waals surface area contributed by atoms with E-state index in [-0.39, 0.29) is 9.33 Å². The number of hydrogen-bond acceptors (Lipinski definition) is 2. The highest BCUT2D eigenvalue weighted by molar-refractivity contribution is 14.1. The Morgan fingerprint density at radius 1 is 1.36 bits per heavy atom. The van der Waals surface area contributed by atoms with Gasteiger partial charge in [-0.2, -0.15) is 0 Å². The molecule has 1 unspecified atom stereocenters. The van der Waals surface area contributed by atoms with Crippen LogP contribution in [0.5, 0.6) is 0 Å². The molecule has 0 radical (unpaired) electrons. The van der Waals surface area contributed by atoms with E-state index in [0.29, 0.717) is 11.5 Å². The highest BCUT2D eigenvalue weighted by Gasteiger charge is 2.21. The van der Waals surface area contributed by atoms with Gasteiger partial charge in [0.2, 0.25) is 0 Å². The van der Waals surface area contributed by atoms with E-state index in [1.165, 1.54) is 16.9 Å². The third-order valence-corrected chi connectivity index (χ3v) is 5.52. The van der Waals surface area contributed by atoms with Gasteiger partial charge in [0.15, 0.2) is 0 Å². The zero-order valence-corrected chi connectivity index (χ0v) is 17.4. The molecular formula is C17H19BrINOS. The lowest BCUT2D eigenvalue weighted by molar-refractivity contribution is 0.102. The second-order valence-corrected chi connectivity index (χ2v) is 11.1. The fraction of sp³-hybridized carbons (Fsp3) is 0.353. The molecule has 1 atom stereocenters.